The van der Waals surface area contributed by atoms with Crippen LogP contribution in [-0.4, -0.2) is 35.5 Å². The number of benzene rings is 1. The van der Waals surface area contributed by atoms with Gasteiger partial charge in [-0.25, -0.2) is 0 Å². The normalized spacial score (nSPS) is 11.4. The molecule has 0 aliphatic carbocycles. The van der Waals surface area contributed by atoms with Crippen LogP contribution in [0.1, 0.15) is 22.8 Å². The van der Waals surface area contributed by atoms with Gasteiger partial charge in [0.1, 0.15) is 0 Å². The molecule has 1 rings (SSSR count). The van der Waals surface area contributed by atoms with E-state index in [-0.39, 0.29) is 12.5 Å². The van der Waals surface area contributed by atoms with Crippen molar-refractivity contribution < 1.29 is 14.7 Å². The predicted octanol–water partition coefficient (Wildman–Crippen LogP) is 1.55. The Morgan fingerprint density at radius 2 is 1.95 bits per heavy atom. The number of aliphatic carboxylic acids is 1. The fraction of sp³-hybridized carbons (Fsp3) is 0.357. The molecular formula is C14H16N2O3. The molecule has 0 saturated carbocycles. The van der Waals surface area contributed by atoms with Crippen molar-refractivity contribution >= 4 is 11.9 Å². The average Bonchev–Trinajstić information content (AvgIpc) is 2.39. The second-order valence-corrected chi connectivity index (χ2v) is 4.46. The lowest BCUT2D eigenvalue weighted by Crippen LogP contribution is -2.33. The lowest BCUT2D eigenvalue weighted by molar-refractivity contribution is -0.141. The molecule has 0 bridgehead atoms. The second-order valence-electron chi connectivity index (χ2n) is 4.46. The zero-order chi connectivity index (χ0) is 14.4. The van der Waals surface area contributed by atoms with Gasteiger partial charge < -0.3 is 10.0 Å². The van der Waals surface area contributed by atoms with Gasteiger partial charge in [0.05, 0.1) is 18.4 Å². The van der Waals surface area contributed by atoms with Gasteiger partial charge in [0.25, 0.3) is 5.91 Å². The molecule has 0 aliphatic heterocycles. The maximum absolute atomic E-state index is 12.0. The van der Waals surface area contributed by atoms with Gasteiger partial charge in [-0.1, -0.05) is 19.1 Å². The molecule has 1 aromatic rings. The van der Waals surface area contributed by atoms with E-state index in [1.807, 2.05) is 6.07 Å². The van der Waals surface area contributed by atoms with Gasteiger partial charge >= 0.3 is 5.97 Å². The first-order valence-electron chi connectivity index (χ1n) is 5.90. The third-order valence-electron chi connectivity index (χ3n) is 2.80. The highest BCUT2D eigenvalue weighted by Gasteiger charge is 2.18. The Balaban J connectivity index is 2.72. The van der Waals surface area contributed by atoms with Crippen LogP contribution in [0.4, 0.5) is 0 Å². The predicted molar refractivity (Wildman–Crippen MR) is 69.5 cm³/mol. The van der Waals surface area contributed by atoms with Gasteiger partial charge in [0, 0.05) is 19.2 Å². The Labute approximate surface area is 112 Å². The number of carboxylic acid groups (broad SMARTS) is 1. The maximum atomic E-state index is 12.0. The standard InChI is InChI=1S/C14H16N2O3/c1-10(14(18)19)9-16(2)13(17)12-5-3-11(4-6-12)7-8-15/h3-6,10H,7,9H2,1-2H3,(H,18,19). The van der Waals surface area contributed by atoms with E-state index in [4.69, 9.17) is 10.4 Å². The Morgan fingerprint density at radius 3 is 2.42 bits per heavy atom. The van der Waals surface area contributed by atoms with Crippen LogP contribution in [0, 0.1) is 17.2 Å². The third kappa shape index (κ3) is 4.11. The number of nitrogens with zero attached hydrogens (tertiary/aromatic N) is 2. The van der Waals surface area contributed by atoms with E-state index in [0.717, 1.165) is 5.56 Å². The van der Waals surface area contributed by atoms with Crippen molar-refractivity contribution in [2.45, 2.75) is 13.3 Å². The topological polar surface area (TPSA) is 81.4 Å². The van der Waals surface area contributed by atoms with Crippen LogP contribution in [-0.2, 0) is 11.2 Å². The van der Waals surface area contributed by atoms with Crippen molar-refractivity contribution in [1.82, 2.24) is 4.90 Å². The van der Waals surface area contributed by atoms with E-state index in [1.165, 1.54) is 4.90 Å². The van der Waals surface area contributed by atoms with Crippen molar-refractivity contribution in [3.8, 4) is 6.07 Å². The molecular weight excluding hydrogens is 244 g/mol. The molecule has 0 aromatic heterocycles. The van der Waals surface area contributed by atoms with Crippen LogP contribution in [0.3, 0.4) is 0 Å². The number of hydrogen-bond acceptors (Lipinski definition) is 3. The summed E-state index contributed by atoms with van der Waals surface area (Å²) in [6.45, 7) is 1.72. The molecule has 1 aromatic carbocycles. The number of nitriles is 1. The molecule has 1 N–H and O–H groups in total. The highest BCUT2D eigenvalue weighted by Crippen LogP contribution is 2.09. The van der Waals surface area contributed by atoms with E-state index in [2.05, 4.69) is 0 Å². The van der Waals surface area contributed by atoms with Crippen LogP contribution in [0.2, 0.25) is 0 Å². The minimum atomic E-state index is -0.927. The summed E-state index contributed by atoms with van der Waals surface area (Å²) < 4.78 is 0. The first kappa shape index (κ1) is 14.7. The van der Waals surface area contributed by atoms with Gasteiger partial charge in [-0.15, -0.1) is 0 Å². The molecule has 100 valence electrons. The Hall–Kier alpha value is -2.35. The van der Waals surface area contributed by atoms with E-state index in [1.54, 1.807) is 38.2 Å². The number of hydrogen-bond donors (Lipinski definition) is 1. The van der Waals surface area contributed by atoms with E-state index in [0.29, 0.717) is 12.0 Å². The molecule has 5 nitrogen and oxygen atoms in total. The summed E-state index contributed by atoms with van der Waals surface area (Å²) in [5.74, 6) is -1.76. The zero-order valence-electron chi connectivity index (χ0n) is 11.0. The number of amides is 1. The Bertz CT molecular complexity index is 502. The van der Waals surface area contributed by atoms with Crippen LogP contribution in [0.15, 0.2) is 24.3 Å². The van der Waals surface area contributed by atoms with Gasteiger partial charge in [0.15, 0.2) is 0 Å². The average molecular weight is 260 g/mol. The molecule has 0 fully saturated rings. The summed E-state index contributed by atoms with van der Waals surface area (Å²) in [4.78, 5) is 24.2. The number of rotatable bonds is 5. The molecule has 0 saturated heterocycles. The quantitative estimate of drug-likeness (QED) is 0.870. The summed E-state index contributed by atoms with van der Waals surface area (Å²) in [5, 5.41) is 17.4. The summed E-state index contributed by atoms with van der Waals surface area (Å²) in [6.07, 6.45) is 0.306. The van der Waals surface area contributed by atoms with Gasteiger partial charge in [-0.3, -0.25) is 9.59 Å². The molecule has 0 aliphatic rings. The minimum Gasteiger partial charge on any atom is -0.481 e. The molecule has 1 unspecified atom stereocenters. The van der Waals surface area contributed by atoms with Crippen LogP contribution in [0.5, 0.6) is 0 Å². The van der Waals surface area contributed by atoms with Gasteiger partial charge in [-0.2, -0.15) is 5.26 Å². The van der Waals surface area contributed by atoms with Crippen molar-refractivity contribution in [2.24, 2.45) is 5.92 Å². The van der Waals surface area contributed by atoms with Crippen LogP contribution >= 0.6 is 0 Å². The minimum absolute atomic E-state index is 0.161. The summed E-state index contributed by atoms with van der Waals surface area (Å²) in [6, 6.07) is 8.79. The number of carbonyl (C=O) groups excluding carboxylic acids is 1. The van der Waals surface area contributed by atoms with Gasteiger partial charge in [0.2, 0.25) is 0 Å². The Kier molecular flexibility index (Phi) is 5.07. The summed E-state index contributed by atoms with van der Waals surface area (Å²) in [5.41, 5.74) is 1.34. The molecule has 1 atom stereocenters. The molecule has 0 spiro atoms. The van der Waals surface area contributed by atoms with E-state index in [9.17, 15) is 9.59 Å². The monoisotopic (exact) mass is 260 g/mol. The number of carbonyl (C=O) groups is 2. The summed E-state index contributed by atoms with van der Waals surface area (Å²) in [7, 11) is 1.57. The van der Waals surface area contributed by atoms with Crippen molar-refractivity contribution in [2.75, 3.05) is 13.6 Å². The first-order chi connectivity index (χ1) is 8.95. The van der Waals surface area contributed by atoms with Crippen LogP contribution in [0.25, 0.3) is 0 Å². The molecule has 1 amide bonds. The lowest BCUT2D eigenvalue weighted by Gasteiger charge is -2.19. The highest BCUT2D eigenvalue weighted by atomic mass is 16.4. The summed E-state index contributed by atoms with van der Waals surface area (Å²) >= 11 is 0. The van der Waals surface area contributed by atoms with E-state index >= 15 is 0 Å². The highest BCUT2D eigenvalue weighted by molar-refractivity contribution is 5.94. The molecule has 0 heterocycles. The second kappa shape index (κ2) is 6.55. The lowest BCUT2D eigenvalue weighted by atomic mass is 10.1. The van der Waals surface area contributed by atoms with Crippen molar-refractivity contribution in [3.05, 3.63) is 35.4 Å². The van der Waals surface area contributed by atoms with Crippen molar-refractivity contribution in [3.63, 3.8) is 0 Å². The Morgan fingerprint density at radius 1 is 1.37 bits per heavy atom. The largest absolute Gasteiger partial charge is 0.481 e. The molecule has 19 heavy (non-hydrogen) atoms. The fourth-order valence-electron chi connectivity index (χ4n) is 1.65. The fourth-order valence-corrected chi connectivity index (χ4v) is 1.65. The molecule has 5 heteroatoms. The zero-order valence-corrected chi connectivity index (χ0v) is 11.0. The van der Waals surface area contributed by atoms with Gasteiger partial charge in [-0.05, 0) is 17.7 Å². The first-order valence-corrected chi connectivity index (χ1v) is 5.90. The third-order valence-corrected chi connectivity index (χ3v) is 2.80. The smallest absolute Gasteiger partial charge is 0.308 e. The molecule has 0 radical (unpaired) electrons. The SMILES string of the molecule is CC(CN(C)C(=O)c1ccc(CC#N)cc1)C(=O)O. The van der Waals surface area contributed by atoms with Crippen molar-refractivity contribution in [1.29, 1.82) is 5.26 Å². The number of carboxylic acids is 1. The maximum Gasteiger partial charge on any atom is 0.308 e. The van der Waals surface area contributed by atoms with Crippen LogP contribution < -0.4 is 0 Å². The van der Waals surface area contributed by atoms with E-state index < -0.39 is 11.9 Å².